The van der Waals surface area contributed by atoms with E-state index in [9.17, 15) is 9.59 Å². The molecular formula is C18H25ClN4O2. The third kappa shape index (κ3) is 4.52. The smallest absolute Gasteiger partial charge is 0.239 e. The number of benzene rings is 1. The van der Waals surface area contributed by atoms with Crippen LogP contribution in [-0.4, -0.2) is 29.5 Å². The molecule has 1 aliphatic carbocycles. The molecule has 3 rings (SSSR count). The van der Waals surface area contributed by atoms with Crippen molar-refractivity contribution in [2.75, 3.05) is 12.4 Å². The maximum Gasteiger partial charge on any atom is 0.239 e. The number of nitrogens with two attached hydrogens (primary N) is 1. The molecule has 6 nitrogen and oxygen atoms in total. The van der Waals surface area contributed by atoms with Crippen LogP contribution >= 0.6 is 12.4 Å². The lowest BCUT2D eigenvalue weighted by Gasteiger charge is -2.25. The zero-order chi connectivity index (χ0) is 17.1. The van der Waals surface area contributed by atoms with E-state index in [-0.39, 0.29) is 42.7 Å². The van der Waals surface area contributed by atoms with Gasteiger partial charge in [0.1, 0.15) is 6.54 Å². The van der Waals surface area contributed by atoms with E-state index in [4.69, 9.17) is 5.73 Å². The van der Waals surface area contributed by atoms with Gasteiger partial charge in [0.25, 0.3) is 0 Å². The molecule has 0 aliphatic heterocycles. The van der Waals surface area contributed by atoms with Gasteiger partial charge in [0.05, 0.1) is 5.52 Å². The van der Waals surface area contributed by atoms with Crippen molar-refractivity contribution in [1.29, 1.82) is 0 Å². The molecule has 2 atom stereocenters. The Labute approximate surface area is 153 Å². The SMILES string of the molecule is CNC(=O)Cn1ccc2ccc(NC(=O)C3CCCC(N)C3)cc21.Cl. The second-order valence-corrected chi connectivity index (χ2v) is 6.50. The highest BCUT2D eigenvalue weighted by Crippen LogP contribution is 2.26. The van der Waals surface area contributed by atoms with Crippen LogP contribution < -0.4 is 16.4 Å². The van der Waals surface area contributed by atoms with E-state index in [0.29, 0.717) is 0 Å². The predicted octanol–water partition coefficient (Wildman–Crippen LogP) is 2.27. The summed E-state index contributed by atoms with van der Waals surface area (Å²) in [6.07, 6.45) is 5.54. The second kappa shape index (κ2) is 8.36. The summed E-state index contributed by atoms with van der Waals surface area (Å²) in [4.78, 5) is 24.1. The minimum Gasteiger partial charge on any atom is -0.358 e. The third-order valence-electron chi connectivity index (χ3n) is 4.72. The van der Waals surface area contributed by atoms with E-state index in [0.717, 1.165) is 42.3 Å². The molecule has 25 heavy (non-hydrogen) atoms. The first-order valence-corrected chi connectivity index (χ1v) is 8.42. The van der Waals surface area contributed by atoms with Crippen molar-refractivity contribution in [2.45, 2.75) is 38.3 Å². The van der Waals surface area contributed by atoms with E-state index >= 15 is 0 Å². The van der Waals surface area contributed by atoms with E-state index < -0.39 is 0 Å². The average molecular weight is 365 g/mol. The van der Waals surface area contributed by atoms with Gasteiger partial charge in [0, 0.05) is 30.9 Å². The molecule has 2 amide bonds. The van der Waals surface area contributed by atoms with Gasteiger partial charge in [-0.15, -0.1) is 12.4 Å². The molecule has 0 saturated heterocycles. The molecule has 4 N–H and O–H groups in total. The first-order valence-electron chi connectivity index (χ1n) is 8.42. The molecule has 0 bridgehead atoms. The highest BCUT2D eigenvalue weighted by molar-refractivity contribution is 5.95. The summed E-state index contributed by atoms with van der Waals surface area (Å²) in [5.41, 5.74) is 7.66. The van der Waals surface area contributed by atoms with Gasteiger partial charge >= 0.3 is 0 Å². The van der Waals surface area contributed by atoms with E-state index in [1.54, 1.807) is 7.05 Å². The van der Waals surface area contributed by atoms with Crippen LogP contribution in [0.5, 0.6) is 0 Å². The number of rotatable bonds is 4. The summed E-state index contributed by atoms with van der Waals surface area (Å²) in [6, 6.07) is 7.86. The van der Waals surface area contributed by atoms with Crippen LogP contribution in [-0.2, 0) is 16.1 Å². The number of amides is 2. The fourth-order valence-corrected chi connectivity index (χ4v) is 3.34. The molecule has 1 aliphatic rings. The Bertz CT molecular complexity index is 759. The Morgan fingerprint density at radius 1 is 1.28 bits per heavy atom. The van der Waals surface area contributed by atoms with Gasteiger partial charge < -0.3 is 20.9 Å². The second-order valence-electron chi connectivity index (χ2n) is 6.50. The summed E-state index contributed by atoms with van der Waals surface area (Å²) in [7, 11) is 1.62. The van der Waals surface area contributed by atoms with Crippen LogP contribution in [0.4, 0.5) is 5.69 Å². The molecule has 0 radical (unpaired) electrons. The van der Waals surface area contributed by atoms with Gasteiger partial charge in [0.2, 0.25) is 11.8 Å². The molecule has 1 aromatic heterocycles. The van der Waals surface area contributed by atoms with E-state index in [1.165, 1.54) is 0 Å². The number of fused-ring (bicyclic) bond motifs is 1. The number of halogens is 1. The first-order chi connectivity index (χ1) is 11.6. The molecule has 2 aromatic rings. The maximum absolute atomic E-state index is 12.5. The number of hydrogen-bond donors (Lipinski definition) is 3. The van der Waals surface area contributed by atoms with Gasteiger partial charge in [-0.05, 0) is 42.8 Å². The normalized spacial score (nSPS) is 19.9. The van der Waals surface area contributed by atoms with Crippen LogP contribution in [0.15, 0.2) is 30.5 Å². The summed E-state index contributed by atoms with van der Waals surface area (Å²) < 4.78 is 1.88. The summed E-state index contributed by atoms with van der Waals surface area (Å²) in [5, 5.41) is 6.66. The van der Waals surface area contributed by atoms with Crippen LogP contribution in [0.2, 0.25) is 0 Å². The fraction of sp³-hybridized carbons (Fsp3) is 0.444. The molecule has 1 fully saturated rings. The molecule has 2 unspecified atom stereocenters. The van der Waals surface area contributed by atoms with Crippen molar-refractivity contribution in [3.8, 4) is 0 Å². The Balaban J connectivity index is 0.00000225. The molecule has 0 spiro atoms. The number of nitrogens with zero attached hydrogens (tertiary/aromatic N) is 1. The molecular weight excluding hydrogens is 340 g/mol. The maximum atomic E-state index is 12.5. The van der Waals surface area contributed by atoms with Crippen molar-refractivity contribution < 1.29 is 9.59 Å². The van der Waals surface area contributed by atoms with Gasteiger partial charge in [-0.1, -0.05) is 12.5 Å². The number of likely N-dealkylation sites (N-methyl/N-ethyl adjacent to an activating group) is 1. The monoisotopic (exact) mass is 364 g/mol. The number of anilines is 1. The minimum absolute atomic E-state index is 0. The Kier molecular flexibility index (Phi) is 6.45. The highest BCUT2D eigenvalue weighted by atomic mass is 35.5. The Morgan fingerprint density at radius 3 is 2.80 bits per heavy atom. The van der Waals surface area contributed by atoms with Crippen LogP contribution in [0, 0.1) is 5.92 Å². The topological polar surface area (TPSA) is 89.2 Å². The predicted molar refractivity (Wildman–Crippen MR) is 102 cm³/mol. The van der Waals surface area contributed by atoms with Crippen molar-refractivity contribution in [3.63, 3.8) is 0 Å². The lowest BCUT2D eigenvalue weighted by molar-refractivity contribution is -0.121. The van der Waals surface area contributed by atoms with E-state index in [2.05, 4.69) is 10.6 Å². The zero-order valence-electron chi connectivity index (χ0n) is 14.3. The van der Waals surface area contributed by atoms with Gasteiger partial charge in [-0.2, -0.15) is 0 Å². The van der Waals surface area contributed by atoms with Crippen molar-refractivity contribution >= 4 is 40.8 Å². The molecule has 1 saturated carbocycles. The summed E-state index contributed by atoms with van der Waals surface area (Å²) >= 11 is 0. The van der Waals surface area contributed by atoms with Crippen molar-refractivity contribution in [2.24, 2.45) is 11.7 Å². The van der Waals surface area contributed by atoms with Crippen molar-refractivity contribution in [1.82, 2.24) is 9.88 Å². The number of hydrogen-bond acceptors (Lipinski definition) is 3. The fourth-order valence-electron chi connectivity index (χ4n) is 3.34. The summed E-state index contributed by atoms with van der Waals surface area (Å²) in [6.45, 7) is 0.259. The average Bonchev–Trinajstić information content (AvgIpc) is 2.97. The minimum atomic E-state index is -0.0573. The van der Waals surface area contributed by atoms with Gasteiger partial charge in [-0.3, -0.25) is 9.59 Å². The zero-order valence-corrected chi connectivity index (χ0v) is 15.1. The van der Waals surface area contributed by atoms with Crippen LogP contribution in [0.3, 0.4) is 0 Å². The molecule has 1 aromatic carbocycles. The first kappa shape index (κ1) is 19.3. The van der Waals surface area contributed by atoms with Gasteiger partial charge in [-0.25, -0.2) is 0 Å². The summed E-state index contributed by atoms with van der Waals surface area (Å²) in [5.74, 6) is -0.0332. The number of carbonyl (C=O) groups is 2. The molecule has 1 heterocycles. The lowest BCUT2D eigenvalue weighted by Crippen LogP contribution is -2.34. The largest absolute Gasteiger partial charge is 0.358 e. The standard InChI is InChI=1S/C18H24N4O2.ClH/c1-20-17(23)11-22-8-7-12-5-6-15(10-16(12)22)21-18(24)13-3-2-4-14(19)9-13;/h5-8,10,13-14H,2-4,9,11,19H2,1H3,(H,20,23)(H,21,24);1H. The Morgan fingerprint density at radius 2 is 2.08 bits per heavy atom. The molecule has 136 valence electrons. The van der Waals surface area contributed by atoms with Crippen LogP contribution in [0.25, 0.3) is 10.9 Å². The lowest BCUT2D eigenvalue weighted by atomic mass is 9.85. The highest BCUT2D eigenvalue weighted by Gasteiger charge is 2.25. The number of carbonyl (C=O) groups excluding carboxylic acids is 2. The van der Waals surface area contributed by atoms with Crippen molar-refractivity contribution in [3.05, 3.63) is 30.5 Å². The van der Waals surface area contributed by atoms with E-state index in [1.807, 2.05) is 35.0 Å². The van der Waals surface area contributed by atoms with Gasteiger partial charge in [0.15, 0.2) is 0 Å². The quantitative estimate of drug-likeness (QED) is 0.777. The molecule has 7 heteroatoms. The number of nitrogens with one attached hydrogen (secondary N) is 2. The Hall–Kier alpha value is -2.05. The number of aromatic nitrogens is 1. The third-order valence-corrected chi connectivity index (χ3v) is 4.72. The van der Waals surface area contributed by atoms with Crippen LogP contribution in [0.1, 0.15) is 25.7 Å².